The van der Waals surface area contributed by atoms with Crippen molar-refractivity contribution in [3.63, 3.8) is 0 Å². The highest BCUT2D eigenvalue weighted by Gasteiger charge is 2.31. The fourth-order valence-corrected chi connectivity index (χ4v) is 3.28. The number of sulfonamides is 1. The predicted octanol–water partition coefficient (Wildman–Crippen LogP) is 3.31. The number of amides is 1. The van der Waals surface area contributed by atoms with Crippen LogP contribution in [0, 0.1) is 5.82 Å². The molecule has 3 rings (SSSR count). The van der Waals surface area contributed by atoms with Gasteiger partial charge in [-0.1, -0.05) is 12.1 Å². The minimum Gasteiger partial charge on any atom is -0.488 e. The summed E-state index contributed by atoms with van der Waals surface area (Å²) in [7, 11) is -3.63. The predicted molar refractivity (Wildman–Crippen MR) is 102 cm³/mol. The molecule has 0 aliphatic carbocycles. The second kappa shape index (κ2) is 7.98. The third-order valence-electron chi connectivity index (χ3n) is 4.13. The zero-order chi connectivity index (χ0) is 22.1. The lowest BCUT2D eigenvalue weighted by Crippen LogP contribution is -2.28. The Labute approximate surface area is 169 Å². The van der Waals surface area contributed by atoms with Gasteiger partial charge in [0.1, 0.15) is 18.2 Å². The van der Waals surface area contributed by atoms with Crippen molar-refractivity contribution in [1.29, 1.82) is 0 Å². The van der Waals surface area contributed by atoms with Gasteiger partial charge in [0, 0.05) is 12.1 Å². The molecule has 0 saturated carbocycles. The Morgan fingerprint density at radius 3 is 2.53 bits per heavy atom. The summed E-state index contributed by atoms with van der Waals surface area (Å²) >= 11 is 0. The van der Waals surface area contributed by atoms with Crippen LogP contribution in [-0.2, 0) is 27.5 Å². The molecule has 2 N–H and O–H groups in total. The molecule has 0 unspecified atom stereocenters. The van der Waals surface area contributed by atoms with Crippen LogP contribution in [0.15, 0.2) is 42.0 Å². The molecule has 2 aromatic rings. The van der Waals surface area contributed by atoms with E-state index < -0.39 is 33.5 Å². The Hall–Kier alpha value is -3.08. The number of alkyl halides is 3. The lowest BCUT2D eigenvalue weighted by molar-refractivity contribution is -0.137. The first-order chi connectivity index (χ1) is 13.9. The van der Waals surface area contributed by atoms with Crippen LogP contribution < -0.4 is 14.8 Å². The lowest BCUT2D eigenvalue weighted by Gasteiger charge is -2.19. The quantitative estimate of drug-likeness (QED) is 0.694. The van der Waals surface area contributed by atoms with Crippen molar-refractivity contribution in [3.8, 4) is 5.75 Å². The Bertz CT molecular complexity index is 1130. The fraction of sp³-hybridized carbons (Fsp3) is 0.211. The van der Waals surface area contributed by atoms with Crippen molar-refractivity contribution >= 4 is 27.7 Å². The fourth-order valence-electron chi connectivity index (χ4n) is 2.72. The number of carbonyl (C=O) groups is 1. The Morgan fingerprint density at radius 1 is 1.17 bits per heavy atom. The molecule has 0 spiro atoms. The molecule has 11 heteroatoms. The molecule has 1 heterocycles. The topological polar surface area (TPSA) is 84.5 Å². The molecule has 1 amide bonds. The van der Waals surface area contributed by atoms with Gasteiger partial charge < -0.3 is 10.1 Å². The molecule has 1 aliphatic rings. The highest BCUT2D eigenvalue weighted by molar-refractivity contribution is 7.92. The molecule has 30 heavy (non-hydrogen) atoms. The van der Waals surface area contributed by atoms with E-state index in [1.165, 1.54) is 24.3 Å². The van der Waals surface area contributed by atoms with Gasteiger partial charge in [-0.25, -0.2) is 12.8 Å². The molecule has 0 aromatic heterocycles. The van der Waals surface area contributed by atoms with Crippen LogP contribution in [0.2, 0.25) is 0 Å². The summed E-state index contributed by atoms with van der Waals surface area (Å²) in [4.78, 5) is 12.3. The van der Waals surface area contributed by atoms with Gasteiger partial charge in [0.15, 0.2) is 0 Å². The molecular weight excluding hydrogens is 428 g/mol. The van der Waals surface area contributed by atoms with E-state index in [0.29, 0.717) is 11.1 Å². The first-order valence-corrected chi connectivity index (χ1v) is 10.4. The van der Waals surface area contributed by atoms with Crippen molar-refractivity contribution in [3.05, 3.63) is 64.5 Å². The van der Waals surface area contributed by atoms with E-state index in [-0.39, 0.29) is 30.2 Å². The van der Waals surface area contributed by atoms with Gasteiger partial charge in [-0.3, -0.25) is 9.52 Å². The first-order valence-electron chi connectivity index (χ1n) is 8.51. The van der Waals surface area contributed by atoms with E-state index in [9.17, 15) is 30.8 Å². The zero-order valence-electron chi connectivity index (χ0n) is 15.5. The Morgan fingerprint density at radius 2 is 1.90 bits per heavy atom. The van der Waals surface area contributed by atoms with Crippen LogP contribution in [0.4, 0.5) is 23.2 Å². The third kappa shape index (κ3) is 5.29. The second-order valence-electron chi connectivity index (χ2n) is 6.58. The van der Waals surface area contributed by atoms with E-state index in [0.717, 1.165) is 24.5 Å². The summed E-state index contributed by atoms with van der Waals surface area (Å²) in [6.45, 7) is -0.266. The molecule has 0 bridgehead atoms. The van der Waals surface area contributed by atoms with E-state index in [4.69, 9.17) is 4.74 Å². The van der Waals surface area contributed by atoms with Gasteiger partial charge in [-0.05, 0) is 35.9 Å². The molecule has 1 aliphatic heterocycles. The SMILES string of the molecule is CS(=O)(=O)Nc1ccc(CNC(=O)C2=Cc3ccc(C(F)(F)F)cc3OC2)cc1F. The van der Waals surface area contributed by atoms with E-state index >= 15 is 0 Å². The molecule has 6 nitrogen and oxygen atoms in total. The summed E-state index contributed by atoms with van der Waals surface area (Å²) in [6.07, 6.45) is -2.18. The van der Waals surface area contributed by atoms with Gasteiger partial charge >= 0.3 is 6.18 Å². The standard InChI is InChI=1S/C19H16F4N2O4S/c1-30(27,28)25-16-5-2-11(6-15(16)20)9-24-18(26)13-7-12-3-4-14(19(21,22)23)8-17(12)29-10-13/h2-8,25H,9-10H2,1H3,(H,24,26). The van der Waals surface area contributed by atoms with Crippen molar-refractivity contribution in [1.82, 2.24) is 5.32 Å². The van der Waals surface area contributed by atoms with Gasteiger partial charge in [-0.15, -0.1) is 0 Å². The molecule has 0 atom stereocenters. The second-order valence-corrected chi connectivity index (χ2v) is 8.33. The smallest absolute Gasteiger partial charge is 0.416 e. The first kappa shape index (κ1) is 21.6. The van der Waals surface area contributed by atoms with E-state index in [2.05, 4.69) is 5.32 Å². The number of anilines is 1. The summed E-state index contributed by atoms with van der Waals surface area (Å²) in [6, 6.07) is 6.73. The van der Waals surface area contributed by atoms with Crippen molar-refractivity contribution in [2.24, 2.45) is 0 Å². The van der Waals surface area contributed by atoms with Crippen LogP contribution in [-0.4, -0.2) is 27.2 Å². The molecule has 0 saturated heterocycles. The van der Waals surface area contributed by atoms with Crippen molar-refractivity contribution in [2.45, 2.75) is 12.7 Å². The van der Waals surface area contributed by atoms with Gasteiger partial charge in [-0.2, -0.15) is 13.2 Å². The number of nitrogens with one attached hydrogen (secondary N) is 2. The van der Waals surface area contributed by atoms with E-state index in [1.807, 2.05) is 4.72 Å². The average molecular weight is 444 g/mol. The largest absolute Gasteiger partial charge is 0.488 e. The van der Waals surface area contributed by atoms with Crippen LogP contribution in [0.1, 0.15) is 16.7 Å². The monoisotopic (exact) mass is 444 g/mol. The maximum Gasteiger partial charge on any atom is 0.416 e. The Kier molecular flexibility index (Phi) is 5.75. The highest BCUT2D eigenvalue weighted by atomic mass is 32.2. The number of fused-ring (bicyclic) bond motifs is 1. The minimum absolute atomic E-state index is 0.0254. The number of benzene rings is 2. The molecular formula is C19H16F4N2O4S. The maximum atomic E-state index is 14.0. The molecule has 0 fully saturated rings. The number of ether oxygens (including phenoxy) is 1. The minimum atomic E-state index is -4.50. The number of hydrogen-bond donors (Lipinski definition) is 2. The van der Waals surface area contributed by atoms with Gasteiger partial charge in [0.25, 0.3) is 5.91 Å². The van der Waals surface area contributed by atoms with Gasteiger partial charge in [0.05, 0.1) is 23.1 Å². The number of halogens is 4. The van der Waals surface area contributed by atoms with E-state index in [1.54, 1.807) is 0 Å². The Balaban J connectivity index is 1.67. The van der Waals surface area contributed by atoms with Crippen molar-refractivity contribution in [2.75, 3.05) is 17.6 Å². The average Bonchev–Trinajstić information content (AvgIpc) is 2.65. The molecule has 160 valence electrons. The van der Waals surface area contributed by atoms with Crippen LogP contribution in [0.3, 0.4) is 0 Å². The maximum absolute atomic E-state index is 14.0. The number of hydrogen-bond acceptors (Lipinski definition) is 4. The van der Waals surface area contributed by atoms with Crippen LogP contribution in [0.25, 0.3) is 6.08 Å². The highest BCUT2D eigenvalue weighted by Crippen LogP contribution is 2.35. The van der Waals surface area contributed by atoms with Gasteiger partial charge in [0.2, 0.25) is 10.0 Å². The van der Waals surface area contributed by atoms with Crippen LogP contribution >= 0.6 is 0 Å². The summed E-state index contributed by atoms with van der Waals surface area (Å²) in [5.41, 5.74) is -0.156. The zero-order valence-corrected chi connectivity index (χ0v) is 16.3. The summed E-state index contributed by atoms with van der Waals surface area (Å²) < 4.78 is 81.9. The normalized spacial score (nSPS) is 13.7. The molecule has 0 radical (unpaired) electrons. The summed E-state index contributed by atoms with van der Waals surface area (Å²) in [5.74, 6) is -1.31. The summed E-state index contributed by atoms with van der Waals surface area (Å²) in [5, 5.41) is 2.56. The number of rotatable bonds is 5. The third-order valence-corrected chi connectivity index (χ3v) is 4.72. The van der Waals surface area contributed by atoms with Crippen LogP contribution in [0.5, 0.6) is 5.75 Å². The molecule has 2 aromatic carbocycles. The lowest BCUT2D eigenvalue weighted by atomic mass is 10.0. The number of carbonyl (C=O) groups excluding carboxylic acids is 1. The van der Waals surface area contributed by atoms with Crippen molar-refractivity contribution < 1.29 is 35.5 Å².